The van der Waals surface area contributed by atoms with E-state index in [1.54, 1.807) is 21.6 Å². The summed E-state index contributed by atoms with van der Waals surface area (Å²) in [5, 5.41) is 22.4. The van der Waals surface area contributed by atoms with E-state index in [9.17, 15) is 4.79 Å². The normalized spacial score (nSPS) is 14.5. The minimum Gasteiger partial charge on any atom is -0.352 e. The molecule has 0 saturated heterocycles. The molecule has 42 heavy (non-hydrogen) atoms. The molecule has 1 aliphatic rings. The third-order valence-corrected chi connectivity index (χ3v) is 8.11. The Morgan fingerprint density at radius 1 is 0.952 bits per heavy atom. The van der Waals surface area contributed by atoms with E-state index in [4.69, 9.17) is 5.10 Å². The van der Waals surface area contributed by atoms with Crippen LogP contribution in [0.25, 0.3) is 39.1 Å². The molecule has 210 valence electrons. The van der Waals surface area contributed by atoms with Gasteiger partial charge in [-0.25, -0.2) is 4.98 Å². The number of pyridine rings is 1. The van der Waals surface area contributed by atoms with Gasteiger partial charge in [0.2, 0.25) is 5.91 Å². The molecule has 10 heteroatoms. The summed E-state index contributed by atoms with van der Waals surface area (Å²) < 4.78 is 3.50. The number of amides is 1. The second-order valence-electron chi connectivity index (χ2n) is 11.8. The van der Waals surface area contributed by atoms with Crippen molar-refractivity contribution < 1.29 is 4.79 Å². The quantitative estimate of drug-likeness (QED) is 0.296. The SMILES string of the molecule is CC(C)NC(=O)C(C)(C)n1cc(-c2ccc(-c3cnc4nnc(C5(c6ccc7ncccc7c6)CC5)n4n3)cc2)cn1. The van der Waals surface area contributed by atoms with Gasteiger partial charge in [-0.3, -0.25) is 14.5 Å². The second kappa shape index (κ2) is 9.54. The summed E-state index contributed by atoms with van der Waals surface area (Å²) in [6.07, 6.45) is 9.19. The van der Waals surface area contributed by atoms with Crippen LogP contribution in [0.3, 0.4) is 0 Å². The van der Waals surface area contributed by atoms with E-state index in [2.05, 4.69) is 54.8 Å². The number of carbonyl (C=O) groups excluding carboxylic acids is 1. The maximum atomic E-state index is 12.7. The van der Waals surface area contributed by atoms with E-state index < -0.39 is 5.54 Å². The molecule has 1 N–H and O–H groups in total. The van der Waals surface area contributed by atoms with Crippen LogP contribution in [0.4, 0.5) is 0 Å². The first-order valence-corrected chi connectivity index (χ1v) is 14.2. The van der Waals surface area contributed by atoms with Crippen molar-refractivity contribution in [1.82, 2.24) is 44.9 Å². The van der Waals surface area contributed by atoms with Gasteiger partial charge in [-0.15, -0.1) is 10.2 Å². The minimum atomic E-state index is -0.813. The van der Waals surface area contributed by atoms with Crippen LogP contribution in [0.15, 0.2) is 79.4 Å². The minimum absolute atomic E-state index is 0.0573. The van der Waals surface area contributed by atoms with Gasteiger partial charge in [0.1, 0.15) is 11.2 Å². The van der Waals surface area contributed by atoms with E-state index in [1.165, 1.54) is 5.56 Å². The average Bonchev–Trinajstić information content (AvgIpc) is 3.43. The lowest BCUT2D eigenvalue weighted by atomic mass is 9.94. The smallest absolute Gasteiger partial charge is 0.271 e. The highest BCUT2D eigenvalue weighted by atomic mass is 16.2. The fourth-order valence-corrected chi connectivity index (χ4v) is 5.42. The molecule has 1 aliphatic carbocycles. The van der Waals surface area contributed by atoms with E-state index in [1.807, 2.05) is 70.4 Å². The maximum absolute atomic E-state index is 12.7. The summed E-state index contributed by atoms with van der Waals surface area (Å²) in [6, 6.07) is 18.6. The molecular formula is C32H31N9O. The number of benzene rings is 2. The standard InChI is InChI=1S/C32H31N9O/c1-20(2)36-29(42)31(3,4)40-19-24(17-35-40)21-7-9-22(10-8-21)27-18-34-30-38-37-28(41(30)39-27)32(13-14-32)25-11-12-26-23(16-25)6-5-15-33-26/h5-12,15-20H,13-14H2,1-4H3,(H,36,42). The maximum Gasteiger partial charge on any atom is 0.271 e. The van der Waals surface area contributed by atoms with Gasteiger partial charge in [-0.05, 0) is 69.9 Å². The van der Waals surface area contributed by atoms with Crippen LogP contribution >= 0.6 is 0 Å². The molecule has 6 aromatic rings. The molecule has 10 nitrogen and oxygen atoms in total. The Balaban J connectivity index is 1.17. The van der Waals surface area contributed by atoms with Crippen molar-refractivity contribution in [3.05, 3.63) is 90.8 Å². The summed E-state index contributed by atoms with van der Waals surface area (Å²) >= 11 is 0. The van der Waals surface area contributed by atoms with Crippen molar-refractivity contribution in [1.29, 1.82) is 0 Å². The molecule has 1 saturated carbocycles. The van der Waals surface area contributed by atoms with Gasteiger partial charge in [0.05, 0.1) is 23.3 Å². The number of nitrogens with one attached hydrogen (secondary N) is 1. The largest absolute Gasteiger partial charge is 0.352 e. The molecule has 0 aliphatic heterocycles. The van der Waals surface area contributed by atoms with Gasteiger partial charge in [0, 0.05) is 34.9 Å². The van der Waals surface area contributed by atoms with Crippen molar-refractivity contribution in [2.24, 2.45) is 0 Å². The fraction of sp³-hybridized carbons (Fsp3) is 0.281. The van der Waals surface area contributed by atoms with Gasteiger partial charge in [0.15, 0.2) is 5.82 Å². The summed E-state index contributed by atoms with van der Waals surface area (Å²) in [4.78, 5) is 21.8. The number of aromatic nitrogens is 8. The molecule has 4 heterocycles. The van der Waals surface area contributed by atoms with Crippen molar-refractivity contribution in [2.45, 2.75) is 57.5 Å². The highest BCUT2D eigenvalue weighted by Crippen LogP contribution is 2.53. The Morgan fingerprint density at radius 3 is 2.50 bits per heavy atom. The first-order valence-electron chi connectivity index (χ1n) is 14.2. The van der Waals surface area contributed by atoms with Gasteiger partial charge < -0.3 is 5.32 Å². The molecule has 4 aromatic heterocycles. The number of fused-ring (bicyclic) bond motifs is 2. The molecule has 0 atom stereocenters. The zero-order valence-electron chi connectivity index (χ0n) is 24.0. The Bertz CT molecular complexity index is 1950. The third kappa shape index (κ3) is 4.30. The number of carbonyl (C=O) groups is 1. The van der Waals surface area contributed by atoms with Crippen molar-refractivity contribution in [3.63, 3.8) is 0 Å². The lowest BCUT2D eigenvalue weighted by molar-refractivity contribution is -0.129. The van der Waals surface area contributed by atoms with Gasteiger partial charge in [-0.2, -0.15) is 14.7 Å². The zero-order chi connectivity index (χ0) is 29.1. The van der Waals surface area contributed by atoms with E-state index in [0.29, 0.717) is 5.78 Å². The van der Waals surface area contributed by atoms with Crippen LogP contribution in [0.5, 0.6) is 0 Å². The second-order valence-corrected chi connectivity index (χ2v) is 11.8. The molecular weight excluding hydrogens is 526 g/mol. The predicted octanol–water partition coefficient (Wildman–Crippen LogP) is 4.94. The van der Waals surface area contributed by atoms with E-state index >= 15 is 0 Å². The summed E-state index contributed by atoms with van der Waals surface area (Å²) in [5.41, 5.74) is 4.70. The average molecular weight is 558 g/mol. The van der Waals surface area contributed by atoms with Gasteiger partial charge >= 0.3 is 0 Å². The third-order valence-electron chi connectivity index (χ3n) is 8.11. The number of rotatable bonds is 7. The van der Waals surface area contributed by atoms with Crippen molar-refractivity contribution >= 4 is 22.6 Å². The predicted molar refractivity (Wildman–Crippen MR) is 160 cm³/mol. The van der Waals surface area contributed by atoms with Gasteiger partial charge in [0.25, 0.3) is 5.78 Å². The molecule has 2 aromatic carbocycles. The molecule has 0 spiro atoms. The molecule has 7 rings (SSSR count). The molecule has 0 unspecified atom stereocenters. The van der Waals surface area contributed by atoms with Crippen LogP contribution in [-0.2, 0) is 15.7 Å². The van der Waals surface area contributed by atoms with Crippen LogP contribution < -0.4 is 5.32 Å². The lowest BCUT2D eigenvalue weighted by Gasteiger charge is -2.25. The summed E-state index contributed by atoms with van der Waals surface area (Å²) in [6.45, 7) is 7.62. The van der Waals surface area contributed by atoms with Crippen LogP contribution in [0, 0.1) is 0 Å². The Morgan fingerprint density at radius 2 is 1.74 bits per heavy atom. The molecule has 0 radical (unpaired) electrons. The van der Waals surface area contributed by atoms with Crippen LogP contribution in [-0.4, -0.2) is 51.5 Å². The summed E-state index contributed by atoms with van der Waals surface area (Å²) in [7, 11) is 0. The number of hydrogen-bond donors (Lipinski definition) is 1. The highest BCUT2D eigenvalue weighted by molar-refractivity contribution is 5.84. The van der Waals surface area contributed by atoms with Crippen molar-refractivity contribution in [3.8, 4) is 22.4 Å². The van der Waals surface area contributed by atoms with E-state index in [-0.39, 0.29) is 17.4 Å². The number of nitrogens with zero attached hydrogens (tertiary/aromatic N) is 8. The Kier molecular flexibility index (Phi) is 5.89. The highest BCUT2D eigenvalue weighted by Gasteiger charge is 2.50. The lowest BCUT2D eigenvalue weighted by Crippen LogP contribution is -2.47. The molecule has 1 fully saturated rings. The van der Waals surface area contributed by atoms with Gasteiger partial charge in [-0.1, -0.05) is 36.4 Å². The number of hydrogen-bond acceptors (Lipinski definition) is 7. The monoisotopic (exact) mass is 557 g/mol. The fourth-order valence-electron chi connectivity index (χ4n) is 5.42. The molecule has 1 amide bonds. The topological polar surface area (TPSA) is 116 Å². The summed E-state index contributed by atoms with van der Waals surface area (Å²) in [5.74, 6) is 1.22. The Hall–Kier alpha value is -4.99. The van der Waals surface area contributed by atoms with Crippen LogP contribution in [0.1, 0.15) is 51.9 Å². The zero-order valence-corrected chi connectivity index (χ0v) is 24.0. The first-order chi connectivity index (χ1) is 20.2. The molecule has 0 bridgehead atoms. The Labute approximate surface area is 242 Å². The van der Waals surface area contributed by atoms with E-state index in [0.717, 1.165) is 52.0 Å². The van der Waals surface area contributed by atoms with Crippen molar-refractivity contribution in [2.75, 3.05) is 0 Å². The first kappa shape index (κ1) is 25.9. The van der Waals surface area contributed by atoms with Crippen LogP contribution in [0.2, 0.25) is 0 Å².